The standard InChI is InChI=1S/C22H22F3N5O4S/c1-35(33,34)14-8-12-29(13-9-14)21(32)19-27-17(16-7-3-5-11-30(16)19)20(31)28-18(22(23,24)25)15-6-2-4-10-26-15/h2-7,10-11,14,18H,8-9,12-13H2,1H3,(H,28,31)/p+2. The first-order valence-electron chi connectivity index (χ1n) is 10.8. The maximum Gasteiger partial charge on any atom is 0.418 e. The van der Waals surface area contributed by atoms with Crippen LogP contribution < -0.4 is 14.7 Å². The lowest BCUT2D eigenvalue weighted by Crippen LogP contribution is -2.45. The van der Waals surface area contributed by atoms with Gasteiger partial charge in [0.25, 0.3) is 5.91 Å². The second-order valence-electron chi connectivity index (χ2n) is 8.39. The first-order chi connectivity index (χ1) is 16.5. The Balaban J connectivity index is 1.63. The molecule has 4 heterocycles. The van der Waals surface area contributed by atoms with Crippen LogP contribution in [0.4, 0.5) is 13.2 Å². The maximum absolute atomic E-state index is 13.7. The second kappa shape index (κ2) is 9.29. The Morgan fingerprint density at radius 1 is 1.17 bits per heavy atom. The van der Waals surface area contributed by atoms with Gasteiger partial charge in [-0.2, -0.15) is 17.6 Å². The number of aromatic nitrogens is 3. The molecule has 13 heteroatoms. The number of imidazole rings is 1. The highest BCUT2D eigenvalue weighted by molar-refractivity contribution is 7.91. The molecule has 1 fully saturated rings. The molecule has 0 aromatic carbocycles. The number of nitrogens with zero attached hydrogens (tertiary/aromatic N) is 2. The van der Waals surface area contributed by atoms with Crippen molar-refractivity contribution in [2.75, 3.05) is 19.3 Å². The fourth-order valence-electron chi connectivity index (χ4n) is 4.18. The van der Waals surface area contributed by atoms with Gasteiger partial charge >= 0.3 is 17.9 Å². The Morgan fingerprint density at radius 3 is 2.46 bits per heavy atom. The van der Waals surface area contributed by atoms with Crippen molar-refractivity contribution in [1.82, 2.24) is 15.2 Å². The summed E-state index contributed by atoms with van der Waals surface area (Å²) < 4.78 is 66.2. The molecule has 4 rings (SSSR count). The molecule has 1 atom stereocenters. The summed E-state index contributed by atoms with van der Waals surface area (Å²) in [5, 5.41) is 1.47. The molecule has 1 aliphatic heterocycles. The number of hydrogen-bond donors (Lipinski definition) is 2. The monoisotopic (exact) mass is 511 g/mol. The summed E-state index contributed by atoms with van der Waals surface area (Å²) in [5.74, 6) is -1.54. The summed E-state index contributed by atoms with van der Waals surface area (Å²) in [7, 11) is -3.23. The van der Waals surface area contributed by atoms with Crippen molar-refractivity contribution in [1.29, 1.82) is 0 Å². The topological polar surface area (TPSA) is 118 Å². The molecule has 0 saturated carbocycles. The maximum atomic E-state index is 13.7. The van der Waals surface area contributed by atoms with Crippen molar-refractivity contribution in [2.24, 2.45) is 0 Å². The highest BCUT2D eigenvalue weighted by atomic mass is 32.2. The molecule has 3 aromatic heterocycles. The fourth-order valence-corrected chi connectivity index (χ4v) is 5.24. The Morgan fingerprint density at radius 2 is 1.86 bits per heavy atom. The minimum absolute atomic E-state index is 0.0154. The second-order valence-corrected chi connectivity index (χ2v) is 10.7. The van der Waals surface area contributed by atoms with Gasteiger partial charge in [-0.25, -0.2) is 18.4 Å². The van der Waals surface area contributed by atoms with E-state index in [0.717, 1.165) is 6.26 Å². The van der Waals surface area contributed by atoms with Gasteiger partial charge in [0.15, 0.2) is 11.7 Å². The molecular weight excluding hydrogens is 487 g/mol. The van der Waals surface area contributed by atoms with Crippen LogP contribution in [-0.2, 0) is 9.84 Å². The number of piperidine rings is 1. The summed E-state index contributed by atoms with van der Waals surface area (Å²) >= 11 is 0. The first kappa shape index (κ1) is 24.6. The molecule has 0 bridgehead atoms. The fraction of sp³-hybridized carbons (Fsp3) is 0.364. The van der Waals surface area contributed by atoms with E-state index in [2.05, 4.69) is 9.97 Å². The number of pyridine rings is 2. The van der Waals surface area contributed by atoms with Crippen LogP contribution in [0, 0.1) is 0 Å². The van der Waals surface area contributed by atoms with Crippen LogP contribution in [0.3, 0.4) is 0 Å². The van der Waals surface area contributed by atoms with Crippen molar-refractivity contribution in [3.63, 3.8) is 0 Å². The average Bonchev–Trinajstić information content (AvgIpc) is 3.21. The van der Waals surface area contributed by atoms with E-state index >= 15 is 0 Å². The first-order valence-corrected chi connectivity index (χ1v) is 12.8. The van der Waals surface area contributed by atoms with Gasteiger partial charge in [-0.3, -0.25) is 9.59 Å². The number of nitrogens with one attached hydrogen (secondary N) is 3. The summed E-state index contributed by atoms with van der Waals surface area (Å²) in [5.41, 5.74) is -0.232. The molecule has 186 valence electrons. The number of sulfone groups is 1. The molecule has 0 aliphatic carbocycles. The minimum Gasteiger partial charge on any atom is -0.332 e. The van der Waals surface area contributed by atoms with Crippen molar-refractivity contribution < 1.29 is 40.6 Å². The van der Waals surface area contributed by atoms with Crippen LogP contribution in [0.5, 0.6) is 0 Å². The third-order valence-electron chi connectivity index (χ3n) is 6.01. The highest BCUT2D eigenvalue weighted by Gasteiger charge is 2.46. The molecule has 1 unspecified atom stereocenters. The quantitative estimate of drug-likeness (QED) is 0.502. The predicted molar refractivity (Wildman–Crippen MR) is 117 cm³/mol. The van der Waals surface area contributed by atoms with Gasteiger partial charge in [-0.15, -0.1) is 0 Å². The number of amides is 2. The molecule has 2 amide bonds. The van der Waals surface area contributed by atoms with E-state index in [1.54, 1.807) is 12.1 Å². The zero-order valence-electron chi connectivity index (χ0n) is 18.7. The smallest absolute Gasteiger partial charge is 0.332 e. The molecular formula is C22H24F3N5O4S+2. The van der Waals surface area contributed by atoms with Crippen molar-refractivity contribution in [3.8, 4) is 0 Å². The van der Waals surface area contributed by atoms with Crippen LogP contribution >= 0.6 is 0 Å². The van der Waals surface area contributed by atoms with Crippen molar-refractivity contribution >= 4 is 27.2 Å². The largest absolute Gasteiger partial charge is 0.418 e. The van der Waals surface area contributed by atoms with Gasteiger partial charge in [0.1, 0.15) is 9.84 Å². The van der Waals surface area contributed by atoms with Gasteiger partial charge < -0.3 is 10.2 Å². The lowest BCUT2D eigenvalue weighted by atomic mass is 10.1. The normalized spacial score (nSPS) is 16.3. The van der Waals surface area contributed by atoms with Gasteiger partial charge in [0.05, 0.1) is 11.4 Å². The number of carbonyl (C=O) groups excluding carboxylic acids is 2. The summed E-state index contributed by atoms with van der Waals surface area (Å²) in [4.78, 5) is 32.9. The van der Waals surface area contributed by atoms with Crippen LogP contribution in [-0.4, -0.2) is 60.9 Å². The Labute approximate surface area is 198 Å². The lowest BCUT2D eigenvalue weighted by molar-refractivity contribution is -0.514. The van der Waals surface area contributed by atoms with Gasteiger partial charge in [0, 0.05) is 31.5 Å². The number of H-pyrrole nitrogens is 2. The predicted octanol–water partition coefficient (Wildman–Crippen LogP) is 1.25. The summed E-state index contributed by atoms with van der Waals surface area (Å²) in [6.07, 6.45) is -0.208. The van der Waals surface area contributed by atoms with Gasteiger partial charge in [0.2, 0.25) is 17.4 Å². The summed E-state index contributed by atoms with van der Waals surface area (Å²) in [6, 6.07) is 6.58. The number of aromatic amines is 2. The molecule has 1 saturated heterocycles. The Bertz CT molecular complexity index is 1350. The van der Waals surface area contributed by atoms with E-state index in [1.807, 2.05) is 5.32 Å². The zero-order valence-corrected chi connectivity index (χ0v) is 19.5. The molecule has 9 nitrogen and oxygen atoms in total. The van der Waals surface area contributed by atoms with E-state index in [9.17, 15) is 31.2 Å². The highest BCUT2D eigenvalue weighted by Crippen LogP contribution is 2.31. The minimum atomic E-state index is -4.77. The number of rotatable bonds is 5. The Kier molecular flexibility index (Phi) is 6.54. The number of fused-ring (bicyclic) bond motifs is 1. The molecule has 35 heavy (non-hydrogen) atoms. The van der Waals surface area contributed by atoms with E-state index in [-0.39, 0.29) is 48.7 Å². The molecule has 3 aromatic rings. The Hall–Kier alpha value is -3.48. The number of alkyl halides is 3. The van der Waals surface area contributed by atoms with Crippen LogP contribution in [0.1, 0.15) is 45.7 Å². The molecule has 1 aliphatic rings. The van der Waals surface area contributed by atoms with Crippen molar-refractivity contribution in [2.45, 2.75) is 30.3 Å². The lowest BCUT2D eigenvalue weighted by Gasteiger charge is -2.29. The SMILES string of the molecule is CS(=O)(=O)C1CCN(C(=O)c2[nH]c(C(=O)NC(c3cccc[nH+]3)C(F)(F)F)c3cccc[n+]23)CC1. The van der Waals surface area contributed by atoms with Crippen molar-refractivity contribution in [3.05, 3.63) is 66.0 Å². The zero-order chi connectivity index (χ0) is 25.4. The number of carbonyl (C=O) groups is 2. The van der Waals surface area contributed by atoms with Crippen LogP contribution in [0.2, 0.25) is 0 Å². The third-order valence-corrected chi connectivity index (χ3v) is 7.69. The van der Waals surface area contributed by atoms with Gasteiger partial charge in [-0.1, -0.05) is 12.1 Å². The van der Waals surface area contributed by atoms with E-state index in [1.165, 1.54) is 46.0 Å². The van der Waals surface area contributed by atoms with Crippen LogP contribution in [0.25, 0.3) is 5.52 Å². The van der Waals surface area contributed by atoms with Gasteiger partial charge in [-0.05, 0) is 25.0 Å². The average molecular weight is 512 g/mol. The number of hydrogen-bond acceptors (Lipinski definition) is 4. The van der Waals surface area contributed by atoms with E-state index in [0.29, 0.717) is 0 Å². The number of halogens is 3. The molecule has 3 N–H and O–H groups in total. The third kappa shape index (κ3) is 5.14. The molecule has 0 radical (unpaired) electrons. The van der Waals surface area contributed by atoms with E-state index < -0.39 is 39.1 Å². The number of likely N-dealkylation sites (tertiary alicyclic amines) is 1. The van der Waals surface area contributed by atoms with Crippen LogP contribution in [0.15, 0.2) is 48.8 Å². The molecule has 0 spiro atoms. The van der Waals surface area contributed by atoms with E-state index in [4.69, 9.17) is 0 Å². The summed E-state index contributed by atoms with van der Waals surface area (Å²) in [6.45, 7) is 0.401.